The third-order valence-corrected chi connectivity index (χ3v) is 3.46. The van der Waals surface area contributed by atoms with E-state index in [1.54, 1.807) is 4.90 Å². The van der Waals surface area contributed by atoms with Crippen LogP contribution in [0.5, 0.6) is 0 Å². The number of hydrogen-bond donors (Lipinski definition) is 1. The fourth-order valence-corrected chi connectivity index (χ4v) is 2.29. The number of nitrogens with zero attached hydrogens (tertiary/aromatic N) is 1. The average molecular weight is 314 g/mol. The lowest BCUT2D eigenvalue weighted by molar-refractivity contribution is -0.145. The largest absolute Gasteiger partial charge is 0.467 e. The minimum Gasteiger partial charge on any atom is -0.467 e. The smallest absolute Gasteiger partial charge is 0.328 e. The molecule has 0 radical (unpaired) electrons. The molecule has 1 fully saturated rings. The van der Waals surface area contributed by atoms with Crippen LogP contribution in [-0.4, -0.2) is 62.1 Å². The predicted molar refractivity (Wildman–Crippen MR) is 80.0 cm³/mol. The molecule has 1 N–H and O–H groups in total. The first-order valence-corrected chi connectivity index (χ1v) is 7.66. The number of rotatable bonds is 7. The van der Waals surface area contributed by atoms with Crippen molar-refractivity contribution in [1.82, 2.24) is 10.2 Å². The number of ether oxygens (including phenoxy) is 2. The fraction of sp³-hybridized carbons (Fsp3) is 0.800. The molecule has 22 heavy (non-hydrogen) atoms. The number of carbonyl (C=O) groups excluding carboxylic acids is 3. The van der Waals surface area contributed by atoms with Gasteiger partial charge in [-0.3, -0.25) is 9.59 Å². The Morgan fingerprint density at radius 2 is 1.82 bits per heavy atom. The highest BCUT2D eigenvalue weighted by Crippen LogP contribution is 2.07. The summed E-state index contributed by atoms with van der Waals surface area (Å²) in [6, 6.07) is -0.656. The molecule has 1 aliphatic heterocycles. The fourth-order valence-electron chi connectivity index (χ4n) is 2.29. The van der Waals surface area contributed by atoms with Crippen molar-refractivity contribution in [2.45, 2.75) is 39.2 Å². The van der Waals surface area contributed by atoms with Gasteiger partial charge in [0, 0.05) is 25.9 Å². The summed E-state index contributed by atoms with van der Waals surface area (Å²) in [5.74, 6) is -0.574. The Morgan fingerprint density at radius 3 is 2.36 bits per heavy atom. The molecule has 1 atom stereocenters. The Balaban J connectivity index is 2.39. The molecule has 0 aliphatic carbocycles. The molecule has 1 unspecified atom stereocenters. The molecule has 2 amide bonds. The Bertz CT molecular complexity index is 391. The second-order valence-corrected chi connectivity index (χ2v) is 5.77. The topological polar surface area (TPSA) is 84.9 Å². The Morgan fingerprint density at radius 1 is 1.18 bits per heavy atom. The van der Waals surface area contributed by atoms with E-state index in [1.807, 2.05) is 13.8 Å². The van der Waals surface area contributed by atoms with Gasteiger partial charge in [-0.1, -0.05) is 13.8 Å². The average Bonchev–Trinajstić information content (AvgIpc) is 2.51. The molecule has 0 aromatic heterocycles. The third kappa shape index (κ3) is 6.43. The molecular formula is C15H26N2O5. The lowest BCUT2D eigenvalue weighted by atomic mass is 10.0. The Hall–Kier alpha value is -1.63. The van der Waals surface area contributed by atoms with E-state index in [0.717, 1.165) is 0 Å². The standard InChI is InChI=1S/C15H26N2O5/c1-11(2)10-12(15(20)21-3)16-13(18)4-5-14(19)17-6-8-22-9-7-17/h11-12H,4-10H2,1-3H3,(H,16,18). The van der Waals surface area contributed by atoms with E-state index in [2.05, 4.69) is 5.32 Å². The molecule has 7 heteroatoms. The maximum Gasteiger partial charge on any atom is 0.328 e. The second kappa shape index (κ2) is 9.40. The van der Waals surface area contributed by atoms with Crippen LogP contribution in [0.3, 0.4) is 0 Å². The highest BCUT2D eigenvalue weighted by atomic mass is 16.5. The number of amides is 2. The maximum absolute atomic E-state index is 12.0. The van der Waals surface area contributed by atoms with E-state index >= 15 is 0 Å². The molecule has 0 spiro atoms. The van der Waals surface area contributed by atoms with Crippen molar-refractivity contribution < 1.29 is 23.9 Å². The molecule has 1 heterocycles. The van der Waals surface area contributed by atoms with Crippen molar-refractivity contribution in [2.75, 3.05) is 33.4 Å². The van der Waals surface area contributed by atoms with E-state index in [-0.39, 0.29) is 30.6 Å². The van der Waals surface area contributed by atoms with E-state index < -0.39 is 12.0 Å². The zero-order valence-electron chi connectivity index (χ0n) is 13.6. The van der Waals surface area contributed by atoms with E-state index in [0.29, 0.717) is 32.7 Å². The number of methoxy groups -OCH3 is 1. The van der Waals surface area contributed by atoms with Gasteiger partial charge in [-0.25, -0.2) is 4.79 Å². The Kier molecular flexibility index (Phi) is 7.87. The van der Waals surface area contributed by atoms with Crippen molar-refractivity contribution >= 4 is 17.8 Å². The van der Waals surface area contributed by atoms with E-state index in [1.165, 1.54) is 7.11 Å². The number of carbonyl (C=O) groups is 3. The van der Waals surface area contributed by atoms with Gasteiger partial charge in [-0.05, 0) is 12.3 Å². The predicted octanol–water partition coefficient (Wildman–Crippen LogP) is 0.329. The van der Waals surface area contributed by atoms with Crippen LogP contribution in [0.15, 0.2) is 0 Å². The monoisotopic (exact) mass is 314 g/mol. The first-order valence-electron chi connectivity index (χ1n) is 7.66. The Labute approximate surface area is 131 Å². The minimum absolute atomic E-state index is 0.0584. The zero-order chi connectivity index (χ0) is 16.5. The van der Waals surface area contributed by atoms with Crippen LogP contribution in [0.4, 0.5) is 0 Å². The van der Waals surface area contributed by atoms with Crippen molar-refractivity contribution in [3.8, 4) is 0 Å². The van der Waals surface area contributed by atoms with Gasteiger partial charge in [0.05, 0.1) is 20.3 Å². The second-order valence-electron chi connectivity index (χ2n) is 5.77. The van der Waals surface area contributed by atoms with Gasteiger partial charge in [-0.2, -0.15) is 0 Å². The van der Waals surface area contributed by atoms with Gasteiger partial charge >= 0.3 is 5.97 Å². The van der Waals surface area contributed by atoms with Crippen molar-refractivity contribution in [3.05, 3.63) is 0 Å². The molecule has 1 aliphatic rings. The van der Waals surface area contributed by atoms with Gasteiger partial charge in [0.1, 0.15) is 6.04 Å². The molecule has 0 aromatic rings. The summed E-state index contributed by atoms with van der Waals surface area (Å²) in [5, 5.41) is 2.65. The van der Waals surface area contributed by atoms with E-state index in [4.69, 9.17) is 9.47 Å². The van der Waals surface area contributed by atoms with Crippen LogP contribution >= 0.6 is 0 Å². The van der Waals surface area contributed by atoms with Crippen LogP contribution in [0.2, 0.25) is 0 Å². The van der Waals surface area contributed by atoms with Crippen LogP contribution in [0.1, 0.15) is 33.1 Å². The quantitative estimate of drug-likeness (QED) is 0.685. The summed E-state index contributed by atoms with van der Waals surface area (Å²) in [7, 11) is 1.30. The number of morpholine rings is 1. The third-order valence-electron chi connectivity index (χ3n) is 3.46. The molecule has 1 saturated heterocycles. The summed E-state index contributed by atoms with van der Waals surface area (Å²) in [6.45, 7) is 6.14. The van der Waals surface area contributed by atoms with Gasteiger partial charge < -0.3 is 19.7 Å². The molecule has 126 valence electrons. The minimum atomic E-state index is -0.656. The summed E-state index contributed by atoms with van der Waals surface area (Å²) >= 11 is 0. The highest BCUT2D eigenvalue weighted by molar-refractivity contribution is 5.87. The molecular weight excluding hydrogens is 288 g/mol. The first kappa shape index (κ1) is 18.4. The first-order chi connectivity index (χ1) is 10.4. The van der Waals surface area contributed by atoms with Crippen molar-refractivity contribution in [3.63, 3.8) is 0 Å². The van der Waals surface area contributed by atoms with Crippen molar-refractivity contribution in [1.29, 1.82) is 0 Å². The summed E-state index contributed by atoms with van der Waals surface area (Å²) < 4.78 is 9.87. The van der Waals surface area contributed by atoms with Crippen LogP contribution in [0, 0.1) is 5.92 Å². The molecule has 0 bridgehead atoms. The molecule has 0 saturated carbocycles. The van der Waals surface area contributed by atoms with Gasteiger partial charge in [0.2, 0.25) is 11.8 Å². The van der Waals surface area contributed by atoms with Crippen molar-refractivity contribution in [2.24, 2.45) is 5.92 Å². The highest BCUT2D eigenvalue weighted by Gasteiger charge is 2.23. The number of nitrogens with one attached hydrogen (secondary N) is 1. The number of hydrogen-bond acceptors (Lipinski definition) is 5. The van der Waals surface area contributed by atoms with Gasteiger partial charge in [0.25, 0.3) is 0 Å². The number of esters is 1. The van der Waals surface area contributed by atoms with Gasteiger partial charge in [-0.15, -0.1) is 0 Å². The molecule has 7 nitrogen and oxygen atoms in total. The maximum atomic E-state index is 12.0. The summed E-state index contributed by atoms with van der Waals surface area (Å²) in [5.41, 5.74) is 0. The molecule has 0 aromatic carbocycles. The lowest BCUT2D eigenvalue weighted by Crippen LogP contribution is -2.43. The summed E-state index contributed by atoms with van der Waals surface area (Å²) in [6.07, 6.45) is 0.721. The summed E-state index contributed by atoms with van der Waals surface area (Å²) in [4.78, 5) is 37.2. The van der Waals surface area contributed by atoms with Crippen LogP contribution in [-0.2, 0) is 23.9 Å². The van der Waals surface area contributed by atoms with Crippen LogP contribution in [0.25, 0.3) is 0 Å². The van der Waals surface area contributed by atoms with Crippen LogP contribution < -0.4 is 5.32 Å². The van der Waals surface area contributed by atoms with E-state index in [9.17, 15) is 14.4 Å². The SMILES string of the molecule is COC(=O)C(CC(C)C)NC(=O)CCC(=O)N1CCOCC1. The van der Waals surface area contributed by atoms with Gasteiger partial charge in [0.15, 0.2) is 0 Å². The molecule has 1 rings (SSSR count). The normalized spacial score (nSPS) is 16.3. The lowest BCUT2D eigenvalue weighted by Gasteiger charge is -2.26. The zero-order valence-corrected chi connectivity index (χ0v) is 13.6.